The zero-order chi connectivity index (χ0) is 12.0. The van der Waals surface area contributed by atoms with Gasteiger partial charge in [0.15, 0.2) is 0 Å². The summed E-state index contributed by atoms with van der Waals surface area (Å²) in [7, 11) is 1.70. The summed E-state index contributed by atoms with van der Waals surface area (Å²) in [5, 5.41) is 3.39. The molecule has 0 aliphatic heterocycles. The third kappa shape index (κ3) is 3.93. The summed E-state index contributed by atoms with van der Waals surface area (Å²) in [6.07, 6.45) is 0. The third-order valence-electron chi connectivity index (χ3n) is 2.58. The van der Waals surface area contributed by atoms with Crippen molar-refractivity contribution in [2.45, 2.75) is 19.9 Å². The van der Waals surface area contributed by atoms with Gasteiger partial charge in [0.25, 0.3) is 0 Å². The van der Waals surface area contributed by atoms with E-state index >= 15 is 0 Å². The van der Waals surface area contributed by atoms with Crippen LogP contribution in [0.25, 0.3) is 0 Å². The number of methoxy groups -OCH3 is 1. The number of nitrogens with two attached hydrogens (primary N) is 1. The van der Waals surface area contributed by atoms with E-state index in [0.717, 1.165) is 6.54 Å². The molecule has 0 saturated heterocycles. The molecule has 0 fully saturated rings. The summed E-state index contributed by atoms with van der Waals surface area (Å²) in [5.74, 6) is 0. The number of hydrogen-bond acceptors (Lipinski definition) is 3. The summed E-state index contributed by atoms with van der Waals surface area (Å²) < 4.78 is 5.02. The second kappa shape index (κ2) is 6.63. The lowest BCUT2D eigenvalue weighted by molar-refractivity contribution is 0.196. The van der Waals surface area contributed by atoms with Crippen LogP contribution >= 0.6 is 0 Å². The molecule has 0 aliphatic carbocycles. The Morgan fingerprint density at radius 2 is 1.88 bits per heavy atom. The Labute approximate surface area is 98.0 Å². The summed E-state index contributed by atoms with van der Waals surface area (Å²) in [6.45, 7) is 6.36. The first-order chi connectivity index (χ1) is 7.67. The number of rotatable bonds is 6. The SMILES string of the molecule is COCCNC(CN)c1cc(C)cc(C)c1. The first kappa shape index (κ1) is 13.2. The van der Waals surface area contributed by atoms with Crippen molar-refractivity contribution in [1.29, 1.82) is 0 Å². The van der Waals surface area contributed by atoms with Crippen molar-refractivity contribution < 1.29 is 4.74 Å². The molecule has 0 aliphatic rings. The lowest BCUT2D eigenvalue weighted by atomic mass is 10.0. The van der Waals surface area contributed by atoms with Crippen LogP contribution in [-0.4, -0.2) is 26.8 Å². The molecule has 0 saturated carbocycles. The van der Waals surface area contributed by atoms with E-state index in [1.54, 1.807) is 7.11 Å². The van der Waals surface area contributed by atoms with E-state index < -0.39 is 0 Å². The molecule has 0 heterocycles. The minimum absolute atomic E-state index is 0.216. The van der Waals surface area contributed by atoms with Crippen LogP contribution < -0.4 is 11.1 Å². The van der Waals surface area contributed by atoms with E-state index in [0.29, 0.717) is 13.2 Å². The number of aryl methyl sites for hydroxylation is 2. The number of hydrogen-bond donors (Lipinski definition) is 2. The van der Waals surface area contributed by atoms with Gasteiger partial charge in [-0.25, -0.2) is 0 Å². The minimum Gasteiger partial charge on any atom is -0.383 e. The Morgan fingerprint density at radius 1 is 1.25 bits per heavy atom. The highest BCUT2D eigenvalue weighted by atomic mass is 16.5. The normalized spacial score (nSPS) is 12.8. The van der Waals surface area contributed by atoms with Crippen LogP contribution in [-0.2, 0) is 4.74 Å². The topological polar surface area (TPSA) is 47.3 Å². The standard InChI is InChI=1S/C13H22N2O/c1-10-6-11(2)8-12(7-10)13(9-14)15-4-5-16-3/h6-8,13,15H,4-5,9,14H2,1-3H3. The monoisotopic (exact) mass is 222 g/mol. The van der Waals surface area contributed by atoms with Crippen LogP contribution in [0, 0.1) is 13.8 Å². The Kier molecular flexibility index (Phi) is 5.46. The molecule has 3 N–H and O–H groups in total. The number of benzene rings is 1. The summed E-state index contributed by atoms with van der Waals surface area (Å²) in [5.41, 5.74) is 9.60. The molecule has 1 atom stereocenters. The average molecular weight is 222 g/mol. The highest BCUT2D eigenvalue weighted by Crippen LogP contribution is 2.15. The molecule has 1 aromatic carbocycles. The van der Waals surface area contributed by atoms with E-state index in [1.165, 1.54) is 16.7 Å². The lowest BCUT2D eigenvalue weighted by Gasteiger charge is -2.18. The van der Waals surface area contributed by atoms with E-state index in [2.05, 4.69) is 37.4 Å². The van der Waals surface area contributed by atoms with E-state index in [9.17, 15) is 0 Å². The molecule has 0 bridgehead atoms. The van der Waals surface area contributed by atoms with Gasteiger partial charge in [-0.3, -0.25) is 0 Å². The second-order valence-corrected chi connectivity index (χ2v) is 4.16. The van der Waals surface area contributed by atoms with Gasteiger partial charge in [-0.05, 0) is 19.4 Å². The summed E-state index contributed by atoms with van der Waals surface area (Å²) in [4.78, 5) is 0. The molecule has 90 valence electrons. The summed E-state index contributed by atoms with van der Waals surface area (Å²) in [6, 6.07) is 6.76. The number of ether oxygens (including phenoxy) is 1. The van der Waals surface area contributed by atoms with Gasteiger partial charge >= 0.3 is 0 Å². The van der Waals surface area contributed by atoms with Crippen molar-refractivity contribution in [2.24, 2.45) is 5.73 Å². The highest BCUT2D eigenvalue weighted by molar-refractivity contribution is 5.30. The van der Waals surface area contributed by atoms with E-state index in [1.807, 2.05) is 0 Å². The maximum atomic E-state index is 5.78. The van der Waals surface area contributed by atoms with Crippen LogP contribution in [0.15, 0.2) is 18.2 Å². The highest BCUT2D eigenvalue weighted by Gasteiger charge is 2.09. The maximum absolute atomic E-state index is 5.78. The fourth-order valence-corrected chi connectivity index (χ4v) is 1.88. The van der Waals surface area contributed by atoms with Gasteiger partial charge in [-0.1, -0.05) is 29.3 Å². The molecule has 0 aromatic heterocycles. The predicted molar refractivity (Wildman–Crippen MR) is 67.6 cm³/mol. The van der Waals surface area contributed by atoms with Crippen molar-refractivity contribution in [3.63, 3.8) is 0 Å². The Morgan fingerprint density at radius 3 is 2.38 bits per heavy atom. The molecular weight excluding hydrogens is 200 g/mol. The molecule has 1 aromatic rings. The van der Waals surface area contributed by atoms with E-state index in [4.69, 9.17) is 10.5 Å². The molecule has 1 unspecified atom stereocenters. The van der Waals surface area contributed by atoms with Gasteiger partial charge in [0.2, 0.25) is 0 Å². The first-order valence-corrected chi connectivity index (χ1v) is 5.68. The Balaban J connectivity index is 2.70. The molecule has 16 heavy (non-hydrogen) atoms. The van der Waals surface area contributed by atoms with Gasteiger partial charge in [0.1, 0.15) is 0 Å². The van der Waals surface area contributed by atoms with Crippen LogP contribution in [0.2, 0.25) is 0 Å². The molecule has 0 amide bonds. The van der Waals surface area contributed by atoms with Gasteiger partial charge < -0.3 is 15.8 Å². The van der Waals surface area contributed by atoms with Crippen molar-refractivity contribution >= 4 is 0 Å². The number of nitrogens with one attached hydrogen (secondary N) is 1. The quantitative estimate of drug-likeness (QED) is 0.718. The summed E-state index contributed by atoms with van der Waals surface area (Å²) >= 11 is 0. The molecule has 1 rings (SSSR count). The van der Waals surface area contributed by atoms with Gasteiger partial charge in [0.05, 0.1) is 6.61 Å². The van der Waals surface area contributed by atoms with Crippen molar-refractivity contribution in [3.05, 3.63) is 34.9 Å². The maximum Gasteiger partial charge on any atom is 0.0587 e. The molecule has 0 radical (unpaired) electrons. The smallest absolute Gasteiger partial charge is 0.0587 e. The fourth-order valence-electron chi connectivity index (χ4n) is 1.88. The Hall–Kier alpha value is -0.900. The van der Waals surface area contributed by atoms with Crippen LogP contribution in [0.4, 0.5) is 0 Å². The molecule has 3 heteroatoms. The van der Waals surface area contributed by atoms with Crippen LogP contribution in [0.3, 0.4) is 0 Å². The Bertz CT molecular complexity index is 305. The average Bonchev–Trinajstić information content (AvgIpc) is 2.23. The second-order valence-electron chi connectivity index (χ2n) is 4.16. The van der Waals surface area contributed by atoms with Crippen LogP contribution in [0.1, 0.15) is 22.7 Å². The van der Waals surface area contributed by atoms with Crippen molar-refractivity contribution in [2.75, 3.05) is 26.8 Å². The molecular formula is C13H22N2O. The van der Waals surface area contributed by atoms with Gasteiger partial charge in [-0.15, -0.1) is 0 Å². The molecule has 3 nitrogen and oxygen atoms in total. The van der Waals surface area contributed by atoms with Gasteiger partial charge in [0, 0.05) is 26.2 Å². The third-order valence-corrected chi connectivity index (χ3v) is 2.58. The molecule has 0 spiro atoms. The first-order valence-electron chi connectivity index (χ1n) is 5.68. The predicted octanol–water partition coefficient (Wildman–Crippen LogP) is 1.54. The van der Waals surface area contributed by atoms with E-state index in [-0.39, 0.29) is 6.04 Å². The van der Waals surface area contributed by atoms with Crippen LogP contribution in [0.5, 0.6) is 0 Å². The van der Waals surface area contributed by atoms with Crippen molar-refractivity contribution in [1.82, 2.24) is 5.32 Å². The lowest BCUT2D eigenvalue weighted by Crippen LogP contribution is -2.30. The minimum atomic E-state index is 0.216. The fraction of sp³-hybridized carbons (Fsp3) is 0.538. The van der Waals surface area contributed by atoms with Crippen molar-refractivity contribution in [3.8, 4) is 0 Å². The zero-order valence-corrected chi connectivity index (χ0v) is 10.4. The largest absolute Gasteiger partial charge is 0.383 e. The van der Waals surface area contributed by atoms with Gasteiger partial charge in [-0.2, -0.15) is 0 Å². The zero-order valence-electron chi connectivity index (χ0n) is 10.4.